The molecule has 0 aromatic rings. The zero-order valence-electron chi connectivity index (χ0n) is 7.77. The molecule has 0 rings (SSSR count). The number of rotatable bonds is 4. The van der Waals surface area contributed by atoms with Gasteiger partial charge >= 0.3 is 0 Å². The largest absolute Gasteiger partial charge is 0.456 e. The Bertz CT molecular complexity index is 213. The van der Waals surface area contributed by atoms with Crippen LogP contribution in [0.5, 0.6) is 0 Å². The molecule has 3 heteroatoms. The normalized spacial score (nSPS) is 12.9. The highest BCUT2D eigenvalue weighted by molar-refractivity contribution is 4.87. The van der Waals surface area contributed by atoms with Crippen LogP contribution in [-0.2, 0) is 4.74 Å². The maximum atomic E-state index is 8.77. The SMILES string of the molecule is CC(O)C=C=COC=C=CC(C)O. The lowest BCUT2D eigenvalue weighted by Gasteiger charge is -1.88. The van der Waals surface area contributed by atoms with E-state index in [-0.39, 0.29) is 0 Å². The second kappa shape index (κ2) is 7.41. The zero-order chi connectivity index (χ0) is 10.1. The predicted octanol–water partition coefficient (Wildman–Crippen LogP) is 1.10. The van der Waals surface area contributed by atoms with Gasteiger partial charge in [-0.1, -0.05) is 11.5 Å². The smallest absolute Gasteiger partial charge is 0.133 e. The van der Waals surface area contributed by atoms with Gasteiger partial charge in [-0.05, 0) is 26.0 Å². The van der Waals surface area contributed by atoms with Gasteiger partial charge in [-0.25, -0.2) is 0 Å². The van der Waals surface area contributed by atoms with Gasteiger partial charge in [0.05, 0.1) is 12.2 Å². The number of hydrogen-bond acceptors (Lipinski definition) is 3. The van der Waals surface area contributed by atoms with Gasteiger partial charge in [-0.2, -0.15) is 0 Å². The van der Waals surface area contributed by atoms with E-state index < -0.39 is 12.2 Å². The van der Waals surface area contributed by atoms with Crippen molar-refractivity contribution in [1.29, 1.82) is 0 Å². The summed E-state index contributed by atoms with van der Waals surface area (Å²) in [5.74, 6) is 0. The van der Waals surface area contributed by atoms with Crippen LogP contribution in [0.4, 0.5) is 0 Å². The van der Waals surface area contributed by atoms with E-state index in [9.17, 15) is 0 Å². The molecule has 0 heterocycles. The van der Waals surface area contributed by atoms with E-state index in [0.717, 1.165) is 0 Å². The van der Waals surface area contributed by atoms with Crippen molar-refractivity contribution in [2.45, 2.75) is 26.1 Å². The molecule has 0 spiro atoms. The summed E-state index contributed by atoms with van der Waals surface area (Å²) >= 11 is 0. The van der Waals surface area contributed by atoms with Crippen LogP contribution in [-0.4, -0.2) is 22.4 Å². The molecule has 0 bridgehead atoms. The van der Waals surface area contributed by atoms with Gasteiger partial charge in [0.15, 0.2) is 0 Å². The summed E-state index contributed by atoms with van der Waals surface area (Å²) in [6, 6.07) is 0. The molecule has 0 aromatic carbocycles. The van der Waals surface area contributed by atoms with Gasteiger partial charge < -0.3 is 14.9 Å². The van der Waals surface area contributed by atoms with E-state index in [1.807, 2.05) is 0 Å². The molecule has 0 saturated heterocycles. The molecule has 0 radical (unpaired) electrons. The van der Waals surface area contributed by atoms with E-state index in [1.54, 1.807) is 13.8 Å². The molecule has 13 heavy (non-hydrogen) atoms. The summed E-state index contributed by atoms with van der Waals surface area (Å²) in [5.41, 5.74) is 5.21. The first kappa shape index (κ1) is 11.8. The molecule has 0 aliphatic rings. The third-order valence-electron chi connectivity index (χ3n) is 0.947. The van der Waals surface area contributed by atoms with Crippen LogP contribution in [0.3, 0.4) is 0 Å². The number of hydrogen-bond donors (Lipinski definition) is 2. The molecule has 0 saturated carbocycles. The molecule has 0 aromatic heterocycles. The lowest BCUT2D eigenvalue weighted by Crippen LogP contribution is -1.90. The van der Waals surface area contributed by atoms with Crippen molar-refractivity contribution < 1.29 is 14.9 Å². The molecule has 2 atom stereocenters. The third kappa shape index (κ3) is 10.8. The van der Waals surface area contributed by atoms with E-state index in [4.69, 9.17) is 14.9 Å². The van der Waals surface area contributed by atoms with E-state index in [0.29, 0.717) is 0 Å². The first-order chi connectivity index (χ1) is 6.13. The highest BCUT2D eigenvalue weighted by Crippen LogP contribution is 1.83. The van der Waals surface area contributed by atoms with Crippen molar-refractivity contribution in [1.82, 2.24) is 0 Å². The number of ether oxygens (including phenoxy) is 1. The van der Waals surface area contributed by atoms with Crippen molar-refractivity contribution in [3.8, 4) is 0 Å². The van der Waals surface area contributed by atoms with E-state index in [2.05, 4.69) is 11.5 Å². The zero-order valence-corrected chi connectivity index (χ0v) is 7.77. The highest BCUT2D eigenvalue weighted by Gasteiger charge is 1.80. The molecule has 3 nitrogen and oxygen atoms in total. The minimum Gasteiger partial charge on any atom is -0.456 e. The summed E-state index contributed by atoms with van der Waals surface area (Å²) in [6.07, 6.45) is 4.41. The van der Waals surface area contributed by atoms with Gasteiger partial charge in [0.25, 0.3) is 0 Å². The molecular weight excluding hydrogens is 168 g/mol. The standard InChI is InChI=1S/C10H14O3/c1-9(11)5-3-7-13-8-4-6-10(2)12/h5-12H,1-2H3. The molecule has 2 N–H and O–H groups in total. The van der Waals surface area contributed by atoms with Gasteiger partial charge in [-0.15, -0.1) is 0 Å². The summed E-state index contributed by atoms with van der Waals surface area (Å²) in [4.78, 5) is 0. The highest BCUT2D eigenvalue weighted by atomic mass is 16.5. The second-order valence-corrected chi connectivity index (χ2v) is 2.52. The fraction of sp³-hybridized carbons (Fsp3) is 0.400. The Morgan fingerprint density at radius 1 is 1.00 bits per heavy atom. The van der Waals surface area contributed by atoms with Gasteiger partial charge in [0.1, 0.15) is 12.5 Å². The van der Waals surface area contributed by atoms with E-state index in [1.165, 1.54) is 24.7 Å². The van der Waals surface area contributed by atoms with E-state index >= 15 is 0 Å². The number of aliphatic hydroxyl groups excluding tert-OH is 2. The average molecular weight is 182 g/mol. The number of aliphatic hydroxyl groups is 2. The summed E-state index contributed by atoms with van der Waals surface area (Å²) in [7, 11) is 0. The minimum absolute atomic E-state index is 0.531. The molecule has 0 fully saturated rings. The molecular formula is C10H14O3. The Kier molecular flexibility index (Phi) is 6.70. The lowest BCUT2D eigenvalue weighted by atomic mass is 10.4. The molecule has 0 aliphatic heterocycles. The third-order valence-corrected chi connectivity index (χ3v) is 0.947. The maximum absolute atomic E-state index is 8.77. The fourth-order valence-corrected chi connectivity index (χ4v) is 0.470. The van der Waals surface area contributed by atoms with Crippen LogP contribution in [0.15, 0.2) is 36.1 Å². The molecule has 2 unspecified atom stereocenters. The quantitative estimate of drug-likeness (QED) is 0.505. The maximum Gasteiger partial charge on any atom is 0.133 e. The van der Waals surface area contributed by atoms with Gasteiger partial charge in [0, 0.05) is 0 Å². The van der Waals surface area contributed by atoms with Crippen molar-refractivity contribution in [2.75, 3.05) is 0 Å². The first-order valence-electron chi connectivity index (χ1n) is 3.96. The monoisotopic (exact) mass is 182 g/mol. The Morgan fingerprint density at radius 3 is 1.69 bits per heavy atom. The predicted molar refractivity (Wildman–Crippen MR) is 49.8 cm³/mol. The molecule has 0 aliphatic carbocycles. The minimum atomic E-state index is -0.531. The summed E-state index contributed by atoms with van der Waals surface area (Å²) < 4.78 is 4.78. The second-order valence-electron chi connectivity index (χ2n) is 2.52. The Balaban J connectivity index is 3.79. The van der Waals surface area contributed by atoms with Crippen LogP contribution in [0.2, 0.25) is 0 Å². The van der Waals surface area contributed by atoms with Gasteiger partial charge in [0.2, 0.25) is 0 Å². The summed E-state index contributed by atoms with van der Waals surface area (Å²) in [6.45, 7) is 3.23. The Morgan fingerprint density at radius 2 is 1.38 bits per heavy atom. The van der Waals surface area contributed by atoms with Gasteiger partial charge in [-0.3, -0.25) is 0 Å². The van der Waals surface area contributed by atoms with Crippen LogP contribution in [0.1, 0.15) is 13.8 Å². The molecule has 0 amide bonds. The van der Waals surface area contributed by atoms with Crippen molar-refractivity contribution in [3.63, 3.8) is 0 Å². The van der Waals surface area contributed by atoms with Crippen molar-refractivity contribution in [3.05, 3.63) is 36.1 Å². The van der Waals surface area contributed by atoms with Crippen molar-refractivity contribution in [2.24, 2.45) is 0 Å². The van der Waals surface area contributed by atoms with Crippen LogP contribution < -0.4 is 0 Å². The average Bonchev–Trinajstić information content (AvgIpc) is 2.01. The fourth-order valence-electron chi connectivity index (χ4n) is 0.470. The first-order valence-corrected chi connectivity index (χ1v) is 3.96. The molecule has 72 valence electrons. The lowest BCUT2D eigenvalue weighted by molar-refractivity contribution is 0.244. The Labute approximate surface area is 78.0 Å². The Hall–Kier alpha value is -1.24. The van der Waals surface area contributed by atoms with Crippen LogP contribution in [0, 0.1) is 0 Å². The van der Waals surface area contributed by atoms with Crippen LogP contribution >= 0.6 is 0 Å². The topological polar surface area (TPSA) is 49.7 Å². The van der Waals surface area contributed by atoms with Crippen molar-refractivity contribution >= 4 is 0 Å². The van der Waals surface area contributed by atoms with Crippen LogP contribution in [0.25, 0.3) is 0 Å². The summed E-state index contributed by atoms with van der Waals surface area (Å²) in [5, 5.41) is 17.5.